The van der Waals surface area contributed by atoms with E-state index in [0.717, 1.165) is 32.1 Å². The molecule has 1 aliphatic carbocycles. The molecule has 2 unspecified atom stereocenters. The molecule has 3 heteroatoms. The zero-order valence-electron chi connectivity index (χ0n) is 10.5. The molecule has 16 heavy (non-hydrogen) atoms. The van der Waals surface area contributed by atoms with Gasteiger partial charge in [-0.05, 0) is 19.3 Å². The zero-order valence-corrected chi connectivity index (χ0v) is 10.5. The number of carbonyl (C=O) groups is 1. The van der Waals surface area contributed by atoms with Crippen molar-refractivity contribution >= 4 is 5.91 Å². The highest BCUT2D eigenvalue weighted by atomic mass is 16.1. The van der Waals surface area contributed by atoms with Crippen molar-refractivity contribution < 1.29 is 4.79 Å². The van der Waals surface area contributed by atoms with Crippen LogP contribution in [0.3, 0.4) is 0 Å². The van der Waals surface area contributed by atoms with E-state index < -0.39 is 0 Å². The minimum absolute atomic E-state index is 0.164. The molecular weight excluding hydrogens is 200 g/mol. The minimum Gasteiger partial charge on any atom is -0.352 e. The van der Waals surface area contributed by atoms with Gasteiger partial charge in [0.15, 0.2) is 0 Å². The highest BCUT2D eigenvalue weighted by Crippen LogP contribution is 2.16. The van der Waals surface area contributed by atoms with Crippen molar-refractivity contribution in [3.8, 4) is 0 Å². The molecule has 1 rings (SSSR count). The van der Waals surface area contributed by atoms with Crippen LogP contribution in [0, 0.1) is 0 Å². The van der Waals surface area contributed by atoms with Crippen molar-refractivity contribution in [1.29, 1.82) is 0 Å². The highest BCUT2D eigenvalue weighted by molar-refractivity contribution is 5.76. The van der Waals surface area contributed by atoms with Crippen LogP contribution in [-0.4, -0.2) is 18.0 Å². The van der Waals surface area contributed by atoms with Crippen molar-refractivity contribution in [1.82, 2.24) is 5.32 Å². The molecule has 3 nitrogen and oxygen atoms in total. The molecule has 1 aliphatic rings. The molecule has 0 aromatic carbocycles. The van der Waals surface area contributed by atoms with Gasteiger partial charge in [-0.15, -0.1) is 0 Å². The normalized spacial score (nSPS) is 26.1. The molecule has 1 saturated carbocycles. The van der Waals surface area contributed by atoms with Crippen LogP contribution in [0.5, 0.6) is 0 Å². The zero-order chi connectivity index (χ0) is 11.8. The van der Waals surface area contributed by atoms with Crippen LogP contribution in [0.25, 0.3) is 0 Å². The molecule has 0 heterocycles. The Labute approximate surface area is 99.2 Å². The van der Waals surface area contributed by atoms with Gasteiger partial charge < -0.3 is 11.1 Å². The lowest BCUT2D eigenvalue weighted by Gasteiger charge is -2.22. The van der Waals surface area contributed by atoms with Crippen molar-refractivity contribution in [3.63, 3.8) is 0 Å². The molecule has 1 amide bonds. The maximum atomic E-state index is 11.7. The number of hydrogen-bond donors (Lipinski definition) is 2. The first-order valence-corrected chi connectivity index (χ1v) is 6.79. The van der Waals surface area contributed by atoms with Gasteiger partial charge in [-0.25, -0.2) is 0 Å². The summed E-state index contributed by atoms with van der Waals surface area (Å²) in [7, 11) is 0. The predicted molar refractivity (Wildman–Crippen MR) is 67.1 cm³/mol. The fourth-order valence-corrected chi connectivity index (χ4v) is 2.33. The summed E-state index contributed by atoms with van der Waals surface area (Å²) >= 11 is 0. The molecule has 0 bridgehead atoms. The Balaban J connectivity index is 2.25. The summed E-state index contributed by atoms with van der Waals surface area (Å²) in [5.41, 5.74) is 6.07. The van der Waals surface area contributed by atoms with Gasteiger partial charge in [-0.3, -0.25) is 4.79 Å². The average molecular weight is 226 g/mol. The second-order valence-corrected chi connectivity index (χ2v) is 4.93. The molecule has 1 fully saturated rings. The van der Waals surface area contributed by atoms with Crippen LogP contribution in [-0.2, 0) is 4.79 Å². The number of nitrogens with one attached hydrogen (secondary N) is 1. The number of nitrogens with two attached hydrogens (primary N) is 1. The average Bonchev–Trinajstić information content (AvgIpc) is 2.45. The van der Waals surface area contributed by atoms with Crippen LogP contribution in [0.4, 0.5) is 0 Å². The van der Waals surface area contributed by atoms with Crippen molar-refractivity contribution in [3.05, 3.63) is 0 Å². The van der Waals surface area contributed by atoms with Crippen LogP contribution in [0.2, 0.25) is 0 Å². The smallest absolute Gasteiger partial charge is 0.220 e. The van der Waals surface area contributed by atoms with Gasteiger partial charge in [0.25, 0.3) is 0 Å². The van der Waals surface area contributed by atoms with Crippen molar-refractivity contribution in [2.24, 2.45) is 5.73 Å². The van der Waals surface area contributed by atoms with Gasteiger partial charge in [-0.2, -0.15) is 0 Å². The Hall–Kier alpha value is -0.570. The van der Waals surface area contributed by atoms with Gasteiger partial charge in [0.1, 0.15) is 0 Å². The van der Waals surface area contributed by atoms with Gasteiger partial charge in [-0.1, -0.05) is 39.0 Å². The van der Waals surface area contributed by atoms with E-state index in [1.165, 1.54) is 19.3 Å². The van der Waals surface area contributed by atoms with Crippen molar-refractivity contribution in [2.75, 3.05) is 0 Å². The number of carbonyl (C=O) groups excluding carboxylic acids is 1. The van der Waals surface area contributed by atoms with Gasteiger partial charge in [0.2, 0.25) is 5.91 Å². The first-order chi connectivity index (χ1) is 7.74. The van der Waals surface area contributed by atoms with E-state index >= 15 is 0 Å². The quantitative estimate of drug-likeness (QED) is 0.558. The number of amides is 1. The van der Waals surface area contributed by atoms with E-state index in [9.17, 15) is 4.79 Å². The lowest BCUT2D eigenvalue weighted by molar-refractivity contribution is -0.122. The Morgan fingerprint density at radius 1 is 1.25 bits per heavy atom. The van der Waals surface area contributed by atoms with Crippen LogP contribution in [0.15, 0.2) is 0 Å². The third-order valence-corrected chi connectivity index (χ3v) is 3.42. The van der Waals surface area contributed by atoms with E-state index in [0.29, 0.717) is 6.42 Å². The second kappa shape index (κ2) is 7.66. The monoisotopic (exact) mass is 226 g/mol. The lowest BCUT2D eigenvalue weighted by Crippen LogP contribution is -2.46. The fraction of sp³-hybridized carbons (Fsp3) is 0.923. The molecule has 0 aliphatic heterocycles. The van der Waals surface area contributed by atoms with Gasteiger partial charge >= 0.3 is 0 Å². The lowest BCUT2D eigenvalue weighted by atomic mass is 10.0. The molecule has 94 valence electrons. The second-order valence-electron chi connectivity index (χ2n) is 4.93. The Kier molecular flexibility index (Phi) is 6.46. The first-order valence-electron chi connectivity index (χ1n) is 6.79. The Bertz CT molecular complexity index is 206. The molecule has 2 atom stereocenters. The van der Waals surface area contributed by atoms with E-state index in [1.54, 1.807) is 0 Å². The summed E-state index contributed by atoms with van der Waals surface area (Å²) in [6.07, 6.45) is 9.76. The molecular formula is C13H26N2O. The molecule has 3 N–H and O–H groups in total. The first kappa shape index (κ1) is 13.5. The summed E-state index contributed by atoms with van der Waals surface area (Å²) in [5, 5.41) is 3.10. The topological polar surface area (TPSA) is 55.1 Å². The third-order valence-electron chi connectivity index (χ3n) is 3.42. The number of unbranched alkanes of at least 4 members (excludes halogenated alkanes) is 2. The summed E-state index contributed by atoms with van der Waals surface area (Å²) in [6, 6.07) is 0.384. The minimum atomic E-state index is 0.164. The fourth-order valence-electron chi connectivity index (χ4n) is 2.33. The van der Waals surface area contributed by atoms with E-state index in [-0.39, 0.29) is 18.0 Å². The molecule has 0 radical (unpaired) electrons. The van der Waals surface area contributed by atoms with E-state index in [1.807, 2.05) is 0 Å². The largest absolute Gasteiger partial charge is 0.352 e. The standard InChI is InChI=1S/C13H26N2O/c1-2-3-5-10-13(16)15-12-9-7-4-6-8-11(12)14/h11-12H,2-10,14H2,1H3,(H,15,16). The van der Waals surface area contributed by atoms with Crippen LogP contribution < -0.4 is 11.1 Å². The third kappa shape index (κ3) is 4.97. The molecule has 0 aromatic heterocycles. The Morgan fingerprint density at radius 2 is 2.00 bits per heavy atom. The maximum absolute atomic E-state index is 11.7. The summed E-state index contributed by atoms with van der Waals surface area (Å²) in [5.74, 6) is 0.191. The predicted octanol–water partition coefficient (Wildman–Crippen LogP) is 2.34. The SMILES string of the molecule is CCCCCC(=O)NC1CCCCCC1N. The molecule has 0 aromatic rings. The number of hydrogen-bond acceptors (Lipinski definition) is 2. The van der Waals surface area contributed by atoms with E-state index in [2.05, 4.69) is 12.2 Å². The van der Waals surface area contributed by atoms with Crippen LogP contribution >= 0.6 is 0 Å². The Morgan fingerprint density at radius 3 is 2.75 bits per heavy atom. The summed E-state index contributed by atoms with van der Waals surface area (Å²) in [4.78, 5) is 11.7. The van der Waals surface area contributed by atoms with E-state index in [4.69, 9.17) is 5.73 Å². The highest BCUT2D eigenvalue weighted by Gasteiger charge is 2.21. The summed E-state index contributed by atoms with van der Waals surface area (Å²) in [6.45, 7) is 2.15. The summed E-state index contributed by atoms with van der Waals surface area (Å²) < 4.78 is 0. The molecule has 0 saturated heterocycles. The van der Waals surface area contributed by atoms with Crippen molar-refractivity contribution in [2.45, 2.75) is 76.8 Å². The van der Waals surface area contributed by atoms with Gasteiger partial charge in [0, 0.05) is 18.5 Å². The number of rotatable bonds is 5. The van der Waals surface area contributed by atoms with Crippen LogP contribution in [0.1, 0.15) is 64.7 Å². The van der Waals surface area contributed by atoms with Gasteiger partial charge in [0.05, 0.1) is 0 Å². The molecule has 0 spiro atoms. The maximum Gasteiger partial charge on any atom is 0.220 e.